The van der Waals surface area contributed by atoms with Crippen LogP contribution in [0, 0.1) is 5.92 Å². The maximum absolute atomic E-state index is 11.7. The highest BCUT2D eigenvalue weighted by Gasteiger charge is 2.45. The Hall–Kier alpha value is -1.32. The van der Waals surface area contributed by atoms with Crippen LogP contribution in [0.3, 0.4) is 0 Å². The number of carbonyl (C=O) groups excluding carboxylic acids is 2. The highest BCUT2D eigenvalue weighted by Crippen LogP contribution is 2.33. The Morgan fingerprint density at radius 3 is 2.60 bits per heavy atom. The van der Waals surface area contributed by atoms with Gasteiger partial charge in [0.05, 0.1) is 12.0 Å². The molecule has 0 N–H and O–H groups in total. The molecule has 1 aliphatic heterocycles. The molecule has 82 valence electrons. The van der Waals surface area contributed by atoms with E-state index in [1.54, 1.807) is 20.8 Å². The van der Waals surface area contributed by atoms with E-state index < -0.39 is 11.7 Å². The van der Waals surface area contributed by atoms with Crippen molar-refractivity contribution in [2.75, 3.05) is 0 Å². The quantitative estimate of drug-likeness (QED) is 0.570. The fraction of sp³-hybridized carbons (Fsp3) is 0.636. The van der Waals surface area contributed by atoms with E-state index in [0.717, 1.165) is 6.42 Å². The molecule has 4 heteroatoms. The molecule has 2 bridgehead atoms. The summed E-state index contributed by atoms with van der Waals surface area (Å²) in [7, 11) is 0. The van der Waals surface area contributed by atoms with Crippen LogP contribution in [0.4, 0.5) is 4.79 Å². The van der Waals surface area contributed by atoms with E-state index in [9.17, 15) is 9.59 Å². The lowest BCUT2D eigenvalue weighted by atomic mass is 10.1. The third-order valence-electron chi connectivity index (χ3n) is 2.54. The van der Waals surface area contributed by atoms with Crippen LogP contribution < -0.4 is 0 Å². The second-order valence-electron chi connectivity index (χ2n) is 4.98. The van der Waals surface area contributed by atoms with E-state index in [1.807, 2.05) is 12.2 Å². The second-order valence-corrected chi connectivity index (χ2v) is 4.98. The van der Waals surface area contributed by atoms with Gasteiger partial charge in [-0.2, -0.15) is 0 Å². The highest BCUT2D eigenvalue weighted by atomic mass is 16.6. The number of rotatable bonds is 0. The molecule has 4 nitrogen and oxygen atoms in total. The summed E-state index contributed by atoms with van der Waals surface area (Å²) >= 11 is 0. The Balaban J connectivity index is 2.09. The first-order chi connectivity index (χ1) is 6.88. The topological polar surface area (TPSA) is 46.6 Å². The molecule has 2 rings (SSSR count). The zero-order valence-electron chi connectivity index (χ0n) is 9.19. The summed E-state index contributed by atoms with van der Waals surface area (Å²) < 4.78 is 5.18. The van der Waals surface area contributed by atoms with E-state index in [1.165, 1.54) is 4.90 Å². The largest absolute Gasteiger partial charge is 0.443 e. The number of hydrogen-bond donors (Lipinski definition) is 0. The summed E-state index contributed by atoms with van der Waals surface area (Å²) in [4.78, 5) is 24.6. The maximum Gasteiger partial charge on any atom is 0.417 e. The van der Waals surface area contributed by atoms with Crippen LogP contribution in [0.5, 0.6) is 0 Å². The smallest absolute Gasteiger partial charge is 0.417 e. The van der Waals surface area contributed by atoms with E-state index in [0.29, 0.717) is 0 Å². The lowest BCUT2D eigenvalue weighted by Gasteiger charge is -2.26. The van der Waals surface area contributed by atoms with Crippen LogP contribution in [0.1, 0.15) is 27.2 Å². The van der Waals surface area contributed by atoms with Crippen molar-refractivity contribution >= 4 is 12.0 Å². The SMILES string of the molecule is CC(C)(C)OC(=O)N1C(=O)C2C=C[C@H]1C2. The lowest BCUT2D eigenvalue weighted by Crippen LogP contribution is -2.43. The van der Waals surface area contributed by atoms with Gasteiger partial charge >= 0.3 is 6.09 Å². The third-order valence-corrected chi connectivity index (χ3v) is 2.54. The molecule has 2 amide bonds. The van der Waals surface area contributed by atoms with Crippen LogP contribution in [0.2, 0.25) is 0 Å². The van der Waals surface area contributed by atoms with Crippen LogP contribution in [-0.2, 0) is 9.53 Å². The van der Waals surface area contributed by atoms with Crippen molar-refractivity contribution in [3.05, 3.63) is 12.2 Å². The number of nitrogens with zero attached hydrogens (tertiary/aromatic N) is 1. The van der Waals surface area contributed by atoms with Gasteiger partial charge in [0.15, 0.2) is 0 Å². The van der Waals surface area contributed by atoms with Crippen LogP contribution in [-0.4, -0.2) is 28.5 Å². The lowest BCUT2D eigenvalue weighted by molar-refractivity contribution is -0.130. The van der Waals surface area contributed by atoms with Gasteiger partial charge in [0.25, 0.3) is 0 Å². The Labute approximate surface area is 88.9 Å². The summed E-state index contributed by atoms with van der Waals surface area (Å²) in [6, 6.07) is -0.0858. The van der Waals surface area contributed by atoms with Gasteiger partial charge in [-0.3, -0.25) is 4.79 Å². The Morgan fingerprint density at radius 1 is 1.47 bits per heavy atom. The standard InChI is InChI=1S/C11H15NO3/c1-11(2,3)15-10(14)12-8-5-4-7(6-8)9(12)13/h4-5,7-8H,6H2,1-3H3/t7?,8-/m0/s1. The number of hydrogen-bond acceptors (Lipinski definition) is 3. The van der Waals surface area contributed by atoms with Gasteiger partial charge in [0, 0.05) is 0 Å². The normalized spacial score (nSPS) is 28.7. The monoisotopic (exact) mass is 209 g/mol. The zero-order valence-corrected chi connectivity index (χ0v) is 9.19. The van der Waals surface area contributed by atoms with Crippen LogP contribution >= 0.6 is 0 Å². The average Bonchev–Trinajstić information content (AvgIpc) is 2.59. The molecule has 1 saturated heterocycles. The van der Waals surface area contributed by atoms with Crippen LogP contribution in [0.15, 0.2) is 12.2 Å². The van der Waals surface area contributed by atoms with Gasteiger partial charge in [-0.15, -0.1) is 0 Å². The molecule has 0 aromatic heterocycles. The van der Waals surface area contributed by atoms with Crippen molar-refractivity contribution in [3.63, 3.8) is 0 Å². The molecule has 1 aliphatic carbocycles. The van der Waals surface area contributed by atoms with Crippen LogP contribution in [0.25, 0.3) is 0 Å². The van der Waals surface area contributed by atoms with Crippen molar-refractivity contribution in [2.24, 2.45) is 5.92 Å². The van der Waals surface area contributed by atoms with E-state index in [-0.39, 0.29) is 17.9 Å². The zero-order chi connectivity index (χ0) is 11.2. The molecule has 15 heavy (non-hydrogen) atoms. The summed E-state index contributed by atoms with van der Waals surface area (Å²) in [5.74, 6) is -0.237. The van der Waals surface area contributed by atoms with Gasteiger partial charge in [-0.1, -0.05) is 12.2 Å². The summed E-state index contributed by atoms with van der Waals surface area (Å²) in [5.41, 5.74) is -0.553. The van der Waals surface area contributed by atoms with Crippen molar-refractivity contribution in [2.45, 2.75) is 38.8 Å². The predicted octanol–water partition coefficient (Wildman–Crippen LogP) is 1.71. The minimum atomic E-state index is -0.553. The first kappa shape index (κ1) is 10.2. The van der Waals surface area contributed by atoms with Crippen molar-refractivity contribution in [1.82, 2.24) is 4.90 Å². The predicted molar refractivity (Wildman–Crippen MR) is 54.1 cm³/mol. The molecular formula is C11H15NO3. The van der Waals surface area contributed by atoms with E-state index >= 15 is 0 Å². The second kappa shape index (κ2) is 3.08. The number of fused-ring (bicyclic) bond motifs is 2. The fourth-order valence-corrected chi connectivity index (χ4v) is 1.93. The third kappa shape index (κ3) is 1.76. The summed E-state index contributed by atoms with van der Waals surface area (Å²) in [6.07, 6.45) is 3.96. The number of ether oxygens (including phenoxy) is 1. The Kier molecular flexibility index (Phi) is 2.10. The number of amides is 2. The number of likely N-dealkylation sites (tertiary alicyclic amines) is 1. The number of carbonyl (C=O) groups is 2. The Bertz CT molecular complexity index is 340. The summed E-state index contributed by atoms with van der Waals surface area (Å²) in [6.45, 7) is 5.37. The van der Waals surface area contributed by atoms with Crippen molar-refractivity contribution in [1.29, 1.82) is 0 Å². The molecule has 2 atom stereocenters. The number of imide groups is 1. The average molecular weight is 209 g/mol. The molecule has 0 spiro atoms. The minimum absolute atomic E-state index is 0.0858. The maximum atomic E-state index is 11.7. The molecule has 0 saturated carbocycles. The first-order valence-corrected chi connectivity index (χ1v) is 5.13. The molecule has 1 fully saturated rings. The Morgan fingerprint density at radius 2 is 2.13 bits per heavy atom. The molecule has 0 radical (unpaired) electrons. The highest BCUT2D eigenvalue weighted by molar-refractivity contribution is 5.98. The first-order valence-electron chi connectivity index (χ1n) is 5.13. The van der Waals surface area contributed by atoms with Crippen molar-refractivity contribution < 1.29 is 14.3 Å². The molecule has 0 aromatic rings. The molecule has 1 heterocycles. The molecule has 1 unspecified atom stereocenters. The van der Waals surface area contributed by atoms with E-state index in [4.69, 9.17) is 4.74 Å². The van der Waals surface area contributed by atoms with Gasteiger partial charge < -0.3 is 4.74 Å². The van der Waals surface area contributed by atoms with Gasteiger partial charge in [-0.25, -0.2) is 9.69 Å². The molecular weight excluding hydrogens is 194 g/mol. The summed E-state index contributed by atoms with van der Waals surface area (Å²) in [5, 5.41) is 0. The van der Waals surface area contributed by atoms with Gasteiger partial charge in [0.1, 0.15) is 5.60 Å². The molecule has 0 aromatic carbocycles. The van der Waals surface area contributed by atoms with Gasteiger partial charge in [-0.05, 0) is 27.2 Å². The molecule has 2 aliphatic rings. The van der Waals surface area contributed by atoms with Crippen molar-refractivity contribution in [3.8, 4) is 0 Å². The van der Waals surface area contributed by atoms with E-state index in [2.05, 4.69) is 0 Å². The minimum Gasteiger partial charge on any atom is -0.443 e. The van der Waals surface area contributed by atoms with Gasteiger partial charge in [0.2, 0.25) is 5.91 Å². The fourth-order valence-electron chi connectivity index (χ4n) is 1.93.